The van der Waals surface area contributed by atoms with Gasteiger partial charge in [0, 0.05) is 31.9 Å². The van der Waals surface area contributed by atoms with Crippen molar-refractivity contribution in [2.75, 3.05) is 20.1 Å². The van der Waals surface area contributed by atoms with Gasteiger partial charge in [-0.3, -0.25) is 4.99 Å². The van der Waals surface area contributed by atoms with Crippen LogP contribution in [0, 0.1) is 5.82 Å². The zero-order valence-electron chi connectivity index (χ0n) is 13.6. The molecule has 4 nitrogen and oxygen atoms in total. The molecule has 0 fully saturated rings. The molecule has 0 radical (unpaired) electrons. The molecule has 2 aromatic rings. The Hall–Kier alpha value is -1.95. The third kappa shape index (κ3) is 5.98. The van der Waals surface area contributed by atoms with Crippen molar-refractivity contribution in [3.05, 3.63) is 51.7 Å². The Morgan fingerprint density at radius 2 is 1.87 bits per heavy atom. The van der Waals surface area contributed by atoms with Crippen molar-refractivity contribution >= 4 is 17.3 Å². The minimum atomic E-state index is -0.201. The van der Waals surface area contributed by atoms with Gasteiger partial charge in [0.25, 0.3) is 0 Å². The second kappa shape index (κ2) is 9.25. The molecule has 1 heterocycles. The molecule has 0 spiro atoms. The first-order chi connectivity index (χ1) is 11.2. The summed E-state index contributed by atoms with van der Waals surface area (Å²) in [7, 11) is 1.76. The van der Waals surface area contributed by atoms with Crippen LogP contribution in [0.1, 0.15) is 23.2 Å². The Morgan fingerprint density at radius 3 is 2.48 bits per heavy atom. The van der Waals surface area contributed by atoms with Gasteiger partial charge in [-0.2, -0.15) is 0 Å². The fraction of sp³-hybridized carbons (Fsp3) is 0.412. The van der Waals surface area contributed by atoms with E-state index in [9.17, 15) is 4.39 Å². The van der Waals surface area contributed by atoms with Gasteiger partial charge in [0.1, 0.15) is 5.82 Å². The number of halogens is 1. The molecular formula is C17H23FN4S. The van der Waals surface area contributed by atoms with Crippen molar-refractivity contribution < 1.29 is 4.39 Å². The van der Waals surface area contributed by atoms with Gasteiger partial charge in [-0.15, -0.1) is 11.3 Å². The second-order valence-corrected chi connectivity index (χ2v) is 6.08. The first-order valence-electron chi connectivity index (χ1n) is 7.83. The summed E-state index contributed by atoms with van der Waals surface area (Å²) in [5.41, 5.74) is 2.23. The number of hydrogen-bond acceptors (Lipinski definition) is 3. The maximum Gasteiger partial charge on any atom is 0.190 e. The topological polar surface area (TPSA) is 49.3 Å². The average Bonchev–Trinajstić information content (AvgIpc) is 3.03. The number of guanidine groups is 1. The highest BCUT2D eigenvalue weighted by atomic mass is 32.1. The van der Waals surface area contributed by atoms with E-state index in [1.165, 1.54) is 17.1 Å². The van der Waals surface area contributed by atoms with Crippen LogP contribution in [0.5, 0.6) is 0 Å². The Balaban J connectivity index is 1.67. The predicted molar refractivity (Wildman–Crippen MR) is 94.7 cm³/mol. The van der Waals surface area contributed by atoms with Crippen LogP contribution in [-0.4, -0.2) is 31.1 Å². The van der Waals surface area contributed by atoms with Crippen LogP contribution in [0.4, 0.5) is 4.39 Å². The molecule has 0 bridgehead atoms. The van der Waals surface area contributed by atoms with Crippen LogP contribution in [0.25, 0.3) is 0 Å². The third-order valence-corrected chi connectivity index (χ3v) is 4.46. The lowest BCUT2D eigenvalue weighted by Gasteiger charge is -2.11. The number of thiazole rings is 1. The zero-order valence-corrected chi connectivity index (χ0v) is 14.4. The summed E-state index contributed by atoms with van der Waals surface area (Å²) < 4.78 is 12.8. The van der Waals surface area contributed by atoms with Crippen molar-refractivity contribution in [1.82, 2.24) is 15.6 Å². The van der Waals surface area contributed by atoms with E-state index in [1.54, 1.807) is 30.5 Å². The number of aromatic nitrogens is 1. The molecule has 0 unspecified atom stereocenters. The number of rotatable bonds is 7. The van der Waals surface area contributed by atoms with Gasteiger partial charge in [-0.1, -0.05) is 19.1 Å². The van der Waals surface area contributed by atoms with Crippen molar-refractivity contribution in [3.63, 3.8) is 0 Å². The molecule has 124 valence electrons. The molecule has 0 amide bonds. The lowest BCUT2D eigenvalue weighted by Crippen LogP contribution is -2.39. The van der Waals surface area contributed by atoms with E-state index in [4.69, 9.17) is 0 Å². The Labute approximate surface area is 140 Å². The summed E-state index contributed by atoms with van der Waals surface area (Å²) in [6, 6.07) is 6.59. The van der Waals surface area contributed by atoms with Gasteiger partial charge < -0.3 is 10.6 Å². The second-order valence-electron chi connectivity index (χ2n) is 5.14. The minimum Gasteiger partial charge on any atom is -0.356 e. The molecular weight excluding hydrogens is 311 g/mol. The summed E-state index contributed by atoms with van der Waals surface area (Å²) in [6.45, 7) is 3.67. The summed E-state index contributed by atoms with van der Waals surface area (Å²) >= 11 is 1.72. The predicted octanol–water partition coefficient (Wildman–Crippen LogP) is 2.79. The summed E-state index contributed by atoms with van der Waals surface area (Å²) in [6.07, 6.45) is 2.70. The lowest BCUT2D eigenvalue weighted by molar-refractivity contribution is 0.626. The molecule has 0 atom stereocenters. The van der Waals surface area contributed by atoms with Crippen molar-refractivity contribution in [1.29, 1.82) is 0 Å². The normalized spacial score (nSPS) is 11.5. The van der Waals surface area contributed by atoms with Crippen molar-refractivity contribution in [2.24, 2.45) is 4.99 Å². The van der Waals surface area contributed by atoms with Gasteiger partial charge in [0.05, 0.1) is 10.7 Å². The number of hydrogen-bond donors (Lipinski definition) is 2. The molecule has 0 aliphatic rings. The summed E-state index contributed by atoms with van der Waals surface area (Å²) in [4.78, 5) is 8.75. The molecule has 2 N–H and O–H groups in total. The van der Waals surface area contributed by atoms with Crippen molar-refractivity contribution in [2.45, 2.75) is 26.2 Å². The molecule has 0 aliphatic carbocycles. The molecule has 0 saturated heterocycles. The molecule has 1 aromatic carbocycles. The number of nitrogens with one attached hydrogen (secondary N) is 2. The molecule has 6 heteroatoms. The molecule has 23 heavy (non-hydrogen) atoms. The van der Waals surface area contributed by atoms with Crippen LogP contribution in [0.15, 0.2) is 34.6 Å². The molecule has 0 saturated carbocycles. The molecule has 2 rings (SSSR count). The number of aryl methyl sites for hydroxylation is 1. The lowest BCUT2D eigenvalue weighted by atomic mass is 10.1. The Kier molecular flexibility index (Phi) is 7.00. The number of nitrogens with zero attached hydrogens (tertiary/aromatic N) is 2. The SMILES string of the molecule is CCc1nc(CCNC(=NC)NCCc2ccc(F)cc2)cs1. The first kappa shape index (κ1) is 17.4. The number of aliphatic imine (C=N–C) groups is 1. The van der Waals surface area contributed by atoms with Gasteiger partial charge >= 0.3 is 0 Å². The number of benzene rings is 1. The summed E-state index contributed by atoms with van der Waals surface area (Å²) in [5.74, 6) is 0.575. The average molecular weight is 334 g/mol. The van der Waals surface area contributed by atoms with Gasteiger partial charge in [0.2, 0.25) is 0 Å². The van der Waals surface area contributed by atoms with Gasteiger partial charge in [-0.25, -0.2) is 9.37 Å². The first-order valence-corrected chi connectivity index (χ1v) is 8.71. The van der Waals surface area contributed by atoms with E-state index in [2.05, 4.69) is 32.9 Å². The van der Waals surface area contributed by atoms with Crippen LogP contribution in [0.3, 0.4) is 0 Å². The van der Waals surface area contributed by atoms with E-state index in [1.807, 2.05) is 0 Å². The molecule has 0 aliphatic heterocycles. The quantitative estimate of drug-likeness (QED) is 0.605. The maximum absolute atomic E-state index is 12.8. The van der Waals surface area contributed by atoms with E-state index >= 15 is 0 Å². The fourth-order valence-electron chi connectivity index (χ4n) is 2.13. The monoisotopic (exact) mass is 334 g/mol. The molecule has 1 aromatic heterocycles. The smallest absolute Gasteiger partial charge is 0.190 e. The van der Waals surface area contributed by atoms with Crippen LogP contribution < -0.4 is 10.6 Å². The van der Waals surface area contributed by atoms with E-state index in [0.29, 0.717) is 0 Å². The Morgan fingerprint density at radius 1 is 1.17 bits per heavy atom. The van der Waals surface area contributed by atoms with Crippen LogP contribution in [-0.2, 0) is 19.3 Å². The van der Waals surface area contributed by atoms with Crippen molar-refractivity contribution in [3.8, 4) is 0 Å². The largest absolute Gasteiger partial charge is 0.356 e. The minimum absolute atomic E-state index is 0.201. The van der Waals surface area contributed by atoms with E-state index < -0.39 is 0 Å². The van der Waals surface area contributed by atoms with Crippen LogP contribution in [0.2, 0.25) is 0 Å². The zero-order chi connectivity index (χ0) is 16.5. The highest BCUT2D eigenvalue weighted by molar-refractivity contribution is 7.09. The highest BCUT2D eigenvalue weighted by Gasteiger charge is 2.02. The fourth-order valence-corrected chi connectivity index (χ4v) is 2.91. The summed E-state index contributed by atoms with van der Waals surface area (Å²) in [5, 5.41) is 9.85. The Bertz CT molecular complexity index is 622. The maximum atomic E-state index is 12.8. The van der Waals surface area contributed by atoms with Gasteiger partial charge in [0.15, 0.2) is 5.96 Å². The van der Waals surface area contributed by atoms with E-state index in [-0.39, 0.29) is 5.82 Å². The van der Waals surface area contributed by atoms with Crippen LogP contribution >= 0.6 is 11.3 Å². The standard InChI is InChI=1S/C17H23FN4S/c1-3-16-22-15(12-23-16)9-11-21-17(19-2)20-10-8-13-4-6-14(18)7-5-13/h4-7,12H,3,8-11H2,1-2H3,(H2,19,20,21). The highest BCUT2D eigenvalue weighted by Crippen LogP contribution is 2.10. The third-order valence-electron chi connectivity index (χ3n) is 3.42. The van der Waals surface area contributed by atoms with E-state index in [0.717, 1.165) is 49.6 Å². The van der Waals surface area contributed by atoms with Gasteiger partial charge in [-0.05, 0) is 30.5 Å².